The lowest BCUT2D eigenvalue weighted by Crippen LogP contribution is -2.40. The number of hydrogen-bond donors (Lipinski definition) is 1. The van der Waals surface area contributed by atoms with Crippen LogP contribution in [0.15, 0.2) is 52.1 Å². The minimum atomic E-state index is -3.54. The number of morpholine rings is 1. The van der Waals surface area contributed by atoms with E-state index in [9.17, 15) is 13.2 Å². The van der Waals surface area contributed by atoms with Gasteiger partial charge in [0.05, 0.1) is 23.7 Å². The van der Waals surface area contributed by atoms with E-state index in [1.54, 1.807) is 24.4 Å². The number of pyridine rings is 1. The van der Waals surface area contributed by atoms with E-state index in [0.29, 0.717) is 42.0 Å². The fraction of sp³-hybridized carbons (Fsp3) is 0.250. The van der Waals surface area contributed by atoms with Gasteiger partial charge >= 0.3 is 0 Å². The molecular formula is C16H16BrN3O4S. The molecule has 25 heavy (non-hydrogen) atoms. The van der Waals surface area contributed by atoms with Crippen molar-refractivity contribution in [2.24, 2.45) is 0 Å². The minimum absolute atomic E-state index is 0.191. The molecule has 1 amide bonds. The summed E-state index contributed by atoms with van der Waals surface area (Å²) in [5.41, 5.74) is 0.908. The third-order valence-electron chi connectivity index (χ3n) is 3.69. The van der Waals surface area contributed by atoms with Gasteiger partial charge < -0.3 is 10.1 Å². The van der Waals surface area contributed by atoms with Crippen molar-refractivity contribution in [1.82, 2.24) is 9.29 Å². The van der Waals surface area contributed by atoms with E-state index in [4.69, 9.17) is 4.74 Å². The first-order valence-electron chi connectivity index (χ1n) is 7.57. The molecule has 0 bridgehead atoms. The molecule has 0 saturated carbocycles. The summed E-state index contributed by atoms with van der Waals surface area (Å²) in [6.45, 7) is 1.48. The first-order valence-corrected chi connectivity index (χ1v) is 9.80. The van der Waals surface area contributed by atoms with Gasteiger partial charge in [-0.05, 0) is 46.3 Å². The molecule has 1 fully saturated rings. The lowest BCUT2D eigenvalue weighted by molar-refractivity contribution is 0.0730. The third kappa shape index (κ3) is 4.24. The highest BCUT2D eigenvalue weighted by molar-refractivity contribution is 9.10. The van der Waals surface area contributed by atoms with Crippen molar-refractivity contribution in [3.8, 4) is 0 Å². The molecular weight excluding hydrogens is 410 g/mol. The van der Waals surface area contributed by atoms with Crippen LogP contribution < -0.4 is 5.32 Å². The number of hydrogen-bond acceptors (Lipinski definition) is 5. The van der Waals surface area contributed by atoms with E-state index in [1.807, 2.05) is 0 Å². The summed E-state index contributed by atoms with van der Waals surface area (Å²) >= 11 is 3.26. The predicted molar refractivity (Wildman–Crippen MR) is 95.9 cm³/mol. The summed E-state index contributed by atoms with van der Waals surface area (Å²) in [4.78, 5) is 16.3. The fourth-order valence-electron chi connectivity index (χ4n) is 2.39. The zero-order valence-electron chi connectivity index (χ0n) is 13.2. The topological polar surface area (TPSA) is 88.6 Å². The molecule has 9 heteroatoms. The Kier molecular flexibility index (Phi) is 5.48. The van der Waals surface area contributed by atoms with Crippen LogP contribution in [0.5, 0.6) is 0 Å². The molecule has 1 aromatic heterocycles. The van der Waals surface area contributed by atoms with Crippen LogP contribution >= 0.6 is 15.9 Å². The van der Waals surface area contributed by atoms with Gasteiger partial charge in [-0.15, -0.1) is 0 Å². The largest absolute Gasteiger partial charge is 0.379 e. The number of sulfonamides is 1. The quantitative estimate of drug-likeness (QED) is 0.809. The first-order chi connectivity index (χ1) is 12.0. The van der Waals surface area contributed by atoms with Gasteiger partial charge in [-0.2, -0.15) is 4.31 Å². The Labute approximate surface area is 154 Å². The van der Waals surface area contributed by atoms with Crippen molar-refractivity contribution in [1.29, 1.82) is 0 Å². The molecule has 132 valence electrons. The van der Waals surface area contributed by atoms with Crippen molar-refractivity contribution in [2.75, 3.05) is 31.6 Å². The molecule has 2 heterocycles. The summed E-state index contributed by atoms with van der Waals surface area (Å²) in [5.74, 6) is -0.322. The summed E-state index contributed by atoms with van der Waals surface area (Å²) in [7, 11) is -3.54. The summed E-state index contributed by atoms with van der Waals surface area (Å²) in [6, 6.07) is 7.76. The fourth-order valence-corrected chi connectivity index (χ4v) is 4.16. The maximum atomic E-state index is 12.5. The second kappa shape index (κ2) is 7.61. The smallest absolute Gasteiger partial charge is 0.257 e. The van der Waals surface area contributed by atoms with Gasteiger partial charge in [0.15, 0.2) is 0 Å². The van der Waals surface area contributed by atoms with E-state index in [0.717, 1.165) is 0 Å². The van der Waals surface area contributed by atoms with Crippen LogP contribution in [0.4, 0.5) is 5.69 Å². The normalized spacial score (nSPS) is 15.7. The second-order valence-electron chi connectivity index (χ2n) is 5.39. The highest BCUT2D eigenvalue weighted by atomic mass is 79.9. The van der Waals surface area contributed by atoms with Gasteiger partial charge in [0.2, 0.25) is 10.0 Å². The molecule has 3 rings (SSSR count). The lowest BCUT2D eigenvalue weighted by atomic mass is 10.2. The number of halogens is 1. The average molecular weight is 426 g/mol. The van der Waals surface area contributed by atoms with Crippen molar-refractivity contribution < 1.29 is 17.9 Å². The van der Waals surface area contributed by atoms with Crippen molar-refractivity contribution >= 4 is 37.5 Å². The van der Waals surface area contributed by atoms with E-state index in [2.05, 4.69) is 26.2 Å². The number of rotatable bonds is 4. The number of amides is 1. The van der Waals surface area contributed by atoms with Crippen LogP contribution in [0.25, 0.3) is 0 Å². The van der Waals surface area contributed by atoms with E-state index in [1.165, 1.54) is 22.6 Å². The number of aromatic nitrogens is 1. The van der Waals surface area contributed by atoms with Crippen LogP contribution in [-0.2, 0) is 14.8 Å². The molecule has 1 aliphatic rings. The van der Waals surface area contributed by atoms with Crippen LogP contribution in [0.3, 0.4) is 0 Å². The number of benzene rings is 1. The Morgan fingerprint density at radius 1 is 1.16 bits per heavy atom. The SMILES string of the molecule is O=C(Nc1ccc(S(=O)(=O)N2CCOCC2)cc1)c1cncc(Br)c1. The van der Waals surface area contributed by atoms with Crippen LogP contribution in [0, 0.1) is 0 Å². The van der Waals surface area contributed by atoms with Gasteiger partial charge in [-0.1, -0.05) is 0 Å². The van der Waals surface area contributed by atoms with Crippen LogP contribution in [0.1, 0.15) is 10.4 Å². The molecule has 1 N–H and O–H groups in total. The Morgan fingerprint density at radius 3 is 2.48 bits per heavy atom. The molecule has 1 aromatic carbocycles. The maximum Gasteiger partial charge on any atom is 0.257 e. The average Bonchev–Trinajstić information content (AvgIpc) is 2.63. The molecule has 0 unspecified atom stereocenters. The molecule has 7 nitrogen and oxygen atoms in total. The molecule has 2 aromatic rings. The number of carbonyl (C=O) groups excluding carboxylic acids is 1. The second-order valence-corrected chi connectivity index (χ2v) is 8.24. The standard InChI is InChI=1S/C16H16BrN3O4S/c17-13-9-12(10-18-11-13)16(21)19-14-1-3-15(4-2-14)25(22,23)20-5-7-24-8-6-20/h1-4,9-11H,5-8H2,(H,19,21). The van der Waals surface area contributed by atoms with Gasteiger partial charge in [0.1, 0.15) is 0 Å². The van der Waals surface area contributed by atoms with Gasteiger partial charge in [0.25, 0.3) is 5.91 Å². The molecule has 1 saturated heterocycles. The predicted octanol–water partition coefficient (Wildman–Crippen LogP) is 2.12. The minimum Gasteiger partial charge on any atom is -0.379 e. The number of ether oxygens (including phenoxy) is 1. The van der Waals surface area contributed by atoms with Crippen LogP contribution in [0.2, 0.25) is 0 Å². The summed E-state index contributed by atoms with van der Waals surface area (Å²) in [5, 5.41) is 2.72. The molecule has 0 atom stereocenters. The first kappa shape index (κ1) is 18.0. The monoisotopic (exact) mass is 425 g/mol. The molecule has 0 radical (unpaired) electrons. The lowest BCUT2D eigenvalue weighted by Gasteiger charge is -2.26. The van der Waals surface area contributed by atoms with E-state index in [-0.39, 0.29) is 10.8 Å². The maximum absolute atomic E-state index is 12.5. The van der Waals surface area contributed by atoms with Crippen LogP contribution in [-0.4, -0.2) is 49.9 Å². The van der Waals surface area contributed by atoms with Crippen molar-refractivity contribution in [3.05, 3.63) is 52.8 Å². The zero-order chi connectivity index (χ0) is 17.9. The summed E-state index contributed by atoms with van der Waals surface area (Å²) < 4.78 is 32.4. The highest BCUT2D eigenvalue weighted by Gasteiger charge is 2.26. The third-order valence-corrected chi connectivity index (χ3v) is 6.03. The Balaban J connectivity index is 1.73. The number of anilines is 1. The van der Waals surface area contributed by atoms with E-state index >= 15 is 0 Å². The highest BCUT2D eigenvalue weighted by Crippen LogP contribution is 2.20. The molecule has 0 spiro atoms. The van der Waals surface area contributed by atoms with Gasteiger partial charge in [-0.3, -0.25) is 9.78 Å². The molecule has 0 aliphatic carbocycles. The Hall–Kier alpha value is -1.81. The van der Waals surface area contributed by atoms with Gasteiger partial charge in [-0.25, -0.2) is 8.42 Å². The Morgan fingerprint density at radius 2 is 1.84 bits per heavy atom. The number of carbonyl (C=O) groups is 1. The number of nitrogens with one attached hydrogen (secondary N) is 1. The van der Waals surface area contributed by atoms with Gasteiger partial charge in [0, 0.05) is 35.6 Å². The molecule has 1 aliphatic heterocycles. The number of nitrogens with zero attached hydrogens (tertiary/aromatic N) is 2. The van der Waals surface area contributed by atoms with Crippen molar-refractivity contribution in [3.63, 3.8) is 0 Å². The van der Waals surface area contributed by atoms with E-state index < -0.39 is 10.0 Å². The Bertz CT molecular complexity index is 865. The van der Waals surface area contributed by atoms with Crippen molar-refractivity contribution in [2.45, 2.75) is 4.90 Å². The summed E-state index contributed by atoms with van der Waals surface area (Å²) in [6.07, 6.45) is 3.04. The zero-order valence-corrected chi connectivity index (χ0v) is 15.6.